The molecule has 0 bridgehead atoms. The van der Waals surface area contributed by atoms with E-state index in [1.165, 1.54) is 0 Å². The molecule has 0 aromatic carbocycles. The van der Waals surface area contributed by atoms with Gasteiger partial charge in [0.25, 0.3) is 0 Å². The number of rotatable bonds is 6. The van der Waals surface area contributed by atoms with Crippen molar-refractivity contribution in [3.05, 3.63) is 11.7 Å². The van der Waals surface area contributed by atoms with Gasteiger partial charge in [0, 0.05) is 12.8 Å². The third-order valence-corrected chi connectivity index (χ3v) is 1.80. The second-order valence-electron chi connectivity index (χ2n) is 3.06. The lowest BCUT2D eigenvalue weighted by molar-refractivity contribution is 0.371. The van der Waals surface area contributed by atoms with Gasteiger partial charge in [-0.15, -0.1) is 0 Å². The molecule has 4 heteroatoms. The van der Waals surface area contributed by atoms with E-state index in [4.69, 9.17) is 4.52 Å². The van der Waals surface area contributed by atoms with Gasteiger partial charge in [-0.1, -0.05) is 12.1 Å². The molecule has 1 rings (SSSR count). The summed E-state index contributed by atoms with van der Waals surface area (Å²) in [5.41, 5.74) is 0. The zero-order valence-electron chi connectivity index (χ0n) is 8.34. The zero-order chi connectivity index (χ0) is 9.52. The van der Waals surface area contributed by atoms with Gasteiger partial charge in [-0.05, 0) is 26.4 Å². The lowest BCUT2D eigenvalue weighted by atomic mass is 10.3. The molecule has 0 amide bonds. The van der Waals surface area contributed by atoms with Gasteiger partial charge < -0.3 is 9.84 Å². The molecule has 74 valence electrons. The quantitative estimate of drug-likeness (QED) is 0.673. The van der Waals surface area contributed by atoms with E-state index in [0.717, 1.165) is 43.9 Å². The van der Waals surface area contributed by atoms with Crippen LogP contribution in [0.5, 0.6) is 0 Å². The predicted octanol–water partition coefficient (Wildman–Crippen LogP) is 1.17. The summed E-state index contributed by atoms with van der Waals surface area (Å²) in [6, 6.07) is 0. The molecule has 0 unspecified atom stereocenters. The summed E-state index contributed by atoms with van der Waals surface area (Å²) in [6.45, 7) is 3.10. The number of aryl methyl sites for hydroxylation is 2. The van der Waals surface area contributed by atoms with Crippen LogP contribution in [0.1, 0.15) is 31.5 Å². The standard InChI is InChI=1S/C9H17N3O/c1-3-5-9-11-8(12-13-9)6-4-7-10-2/h10H,3-7H2,1-2H3. The number of aromatic nitrogens is 2. The fourth-order valence-electron chi connectivity index (χ4n) is 1.13. The first-order chi connectivity index (χ1) is 6.36. The summed E-state index contributed by atoms with van der Waals surface area (Å²) in [6.07, 6.45) is 3.90. The van der Waals surface area contributed by atoms with E-state index >= 15 is 0 Å². The molecule has 0 saturated carbocycles. The molecule has 4 nitrogen and oxygen atoms in total. The largest absolute Gasteiger partial charge is 0.339 e. The Labute approximate surface area is 78.7 Å². The van der Waals surface area contributed by atoms with Crippen molar-refractivity contribution in [1.82, 2.24) is 15.5 Å². The topological polar surface area (TPSA) is 51.0 Å². The molecule has 0 fully saturated rings. The first kappa shape index (κ1) is 10.2. The van der Waals surface area contributed by atoms with Crippen molar-refractivity contribution in [1.29, 1.82) is 0 Å². The lowest BCUT2D eigenvalue weighted by Gasteiger charge is -1.93. The predicted molar refractivity (Wildman–Crippen MR) is 50.5 cm³/mol. The minimum atomic E-state index is 0.766. The normalized spacial score (nSPS) is 10.6. The molecule has 1 aromatic heterocycles. The van der Waals surface area contributed by atoms with E-state index in [-0.39, 0.29) is 0 Å². The van der Waals surface area contributed by atoms with Crippen LogP contribution in [0.3, 0.4) is 0 Å². The van der Waals surface area contributed by atoms with Crippen molar-refractivity contribution in [2.24, 2.45) is 0 Å². The van der Waals surface area contributed by atoms with Crippen molar-refractivity contribution in [3.8, 4) is 0 Å². The molecule has 0 aliphatic rings. The third kappa shape index (κ3) is 3.55. The van der Waals surface area contributed by atoms with E-state index in [1.54, 1.807) is 0 Å². The SMILES string of the molecule is CCCc1nc(CCCNC)no1. The fourth-order valence-corrected chi connectivity index (χ4v) is 1.13. The number of hydrogen-bond acceptors (Lipinski definition) is 4. The molecule has 0 radical (unpaired) electrons. The summed E-state index contributed by atoms with van der Waals surface area (Å²) in [7, 11) is 1.94. The summed E-state index contributed by atoms with van der Waals surface area (Å²) in [5.74, 6) is 1.60. The lowest BCUT2D eigenvalue weighted by Crippen LogP contribution is -2.08. The van der Waals surface area contributed by atoms with Gasteiger partial charge in [0.05, 0.1) is 0 Å². The minimum Gasteiger partial charge on any atom is -0.339 e. The highest BCUT2D eigenvalue weighted by Gasteiger charge is 2.03. The van der Waals surface area contributed by atoms with Crippen LogP contribution >= 0.6 is 0 Å². The Kier molecular flexibility index (Phi) is 4.46. The highest BCUT2D eigenvalue weighted by Crippen LogP contribution is 2.02. The maximum Gasteiger partial charge on any atom is 0.226 e. The van der Waals surface area contributed by atoms with Gasteiger partial charge in [-0.3, -0.25) is 0 Å². The Morgan fingerprint density at radius 2 is 2.23 bits per heavy atom. The number of hydrogen-bond donors (Lipinski definition) is 1. The van der Waals surface area contributed by atoms with Crippen LogP contribution in [-0.2, 0) is 12.8 Å². The van der Waals surface area contributed by atoms with E-state index in [2.05, 4.69) is 22.4 Å². The number of nitrogens with zero attached hydrogens (tertiary/aromatic N) is 2. The van der Waals surface area contributed by atoms with Crippen molar-refractivity contribution in [3.63, 3.8) is 0 Å². The molecular formula is C9H17N3O. The average Bonchev–Trinajstić information content (AvgIpc) is 2.54. The third-order valence-electron chi connectivity index (χ3n) is 1.80. The maximum absolute atomic E-state index is 5.05. The van der Waals surface area contributed by atoms with Gasteiger partial charge >= 0.3 is 0 Å². The van der Waals surface area contributed by atoms with Crippen molar-refractivity contribution in [2.45, 2.75) is 32.6 Å². The Morgan fingerprint density at radius 1 is 1.38 bits per heavy atom. The minimum absolute atomic E-state index is 0.766. The Bertz CT molecular complexity index is 235. The van der Waals surface area contributed by atoms with Crippen molar-refractivity contribution in [2.75, 3.05) is 13.6 Å². The first-order valence-corrected chi connectivity index (χ1v) is 4.83. The maximum atomic E-state index is 5.05. The molecule has 0 spiro atoms. The fraction of sp³-hybridized carbons (Fsp3) is 0.778. The molecule has 13 heavy (non-hydrogen) atoms. The van der Waals surface area contributed by atoms with Crippen LogP contribution in [0.4, 0.5) is 0 Å². The summed E-state index contributed by atoms with van der Waals surface area (Å²) in [5, 5.41) is 6.98. The second-order valence-corrected chi connectivity index (χ2v) is 3.06. The van der Waals surface area contributed by atoms with Gasteiger partial charge in [0.15, 0.2) is 5.82 Å². The Hall–Kier alpha value is -0.900. The van der Waals surface area contributed by atoms with Crippen molar-refractivity contribution >= 4 is 0 Å². The molecule has 0 aliphatic heterocycles. The summed E-state index contributed by atoms with van der Waals surface area (Å²) in [4.78, 5) is 4.27. The monoisotopic (exact) mass is 183 g/mol. The molecule has 0 saturated heterocycles. The van der Waals surface area contributed by atoms with E-state index in [9.17, 15) is 0 Å². The van der Waals surface area contributed by atoms with Crippen LogP contribution in [0.2, 0.25) is 0 Å². The van der Waals surface area contributed by atoms with Crippen LogP contribution in [0.25, 0.3) is 0 Å². The van der Waals surface area contributed by atoms with E-state index < -0.39 is 0 Å². The summed E-state index contributed by atoms with van der Waals surface area (Å²) < 4.78 is 5.05. The molecule has 1 aromatic rings. The molecule has 0 aliphatic carbocycles. The highest BCUT2D eigenvalue weighted by atomic mass is 16.5. The average molecular weight is 183 g/mol. The number of nitrogens with one attached hydrogen (secondary N) is 1. The van der Waals surface area contributed by atoms with Crippen LogP contribution in [0.15, 0.2) is 4.52 Å². The van der Waals surface area contributed by atoms with E-state index in [1.807, 2.05) is 7.05 Å². The van der Waals surface area contributed by atoms with Gasteiger partial charge in [0.2, 0.25) is 5.89 Å². The van der Waals surface area contributed by atoms with Crippen LogP contribution in [-0.4, -0.2) is 23.7 Å². The van der Waals surface area contributed by atoms with Crippen LogP contribution in [0, 0.1) is 0 Å². The zero-order valence-corrected chi connectivity index (χ0v) is 8.34. The molecule has 1 heterocycles. The van der Waals surface area contributed by atoms with Gasteiger partial charge in [0.1, 0.15) is 0 Å². The Morgan fingerprint density at radius 3 is 2.92 bits per heavy atom. The summed E-state index contributed by atoms with van der Waals surface area (Å²) >= 11 is 0. The molecular weight excluding hydrogens is 166 g/mol. The second kappa shape index (κ2) is 5.70. The van der Waals surface area contributed by atoms with E-state index in [0.29, 0.717) is 0 Å². The van der Waals surface area contributed by atoms with Crippen LogP contribution < -0.4 is 5.32 Å². The van der Waals surface area contributed by atoms with Crippen molar-refractivity contribution < 1.29 is 4.52 Å². The Balaban J connectivity index is 2.31. The first-order valence-electron chi connectivity index (χ1n) is 4.83. The highest BCUT2D eigenvalue weighted by molar-refractivity contribution is 4.86. The van der Waals surface area contributed by atoms with Gasteiger partial charge in [-0.2, -0.15) is 4.98 Å². The van der Waals surface area contributed by atoms with Gasteiger partial charge in [-0.25, -0.2) is 0 Å². The molecule has 0 atom stereocenters. The molecule has 1 N–H and O–H groups in total. The smallest absolute Gasteiger partial charge is 0.226 e.